The predicted molar refractivity (Wildman–Crippen MR) is 87.5 cm³/mol. The molecule has 0 aromatic heterocycles. The van der Waals surface area contributed by atoms with Crippen molar-refractivity contribution in [1.82, 2.24) is 5.32 Å². The standard InChI is InChI=1S/C17H21N3O/c1-12(13-7-5-4-6-8-13)19-17(21)15-11-14(18)9-10-16(15)20(2)3/h4-12H,18H2,1-3H3,(H,19,21)/t12-/m0/s1. The normalized spacial score (nSPS) is 11.8. The third kappa shape index (κ3) is 3.54. The number of hydrogen-bond acceptors (Lipinski definition) is 3. The molecule has 4 nitrogen and oxygen atoms in total. The Bertz CT molecular complexity index is 623. The molecule has 1 amide bonds. The minimum atomic E-state index is -0.123. The van der Waals surface area contributed by atoms with Gasteiger partial charge in [0.15, 0.2) is 0 Å². The molecule has 0 heterocycles. The molecule has 21 heavy (non-hydrogen) atoms. The first-order valence-corrected chi connectivity index (χ1v) is 6.91. The zero-order chi connectivity index (χ0) is 15.4. The highest BCUT2D eigenvalue weighted by Crippen LogP contribution is 2.22. The molecule has 2 rings (SSSR count). The van der Waals surface area contributed by atoms with Crippen LogP contribution in [0.3, 0.4) is 0 Å². The summed E-state index contributed by atoms with van der Waals surface area (Å²) in [6.07, 6.45) is 0. The van der Waals surface area contributed by atoms with Crippen molar-refractivity contribution in [2.75, 3.05) is 24.7 Å². The smallest absolute Gasteiger partial charge is 0.253 e. The number of benzene rings is 2. The Morgan fingerprint density at radius 3 is 2.43 bits per heavy atom. The van der Waals surface area contributed by atoms with Gasteiger partial charge in [0.2, 0.25) is 0 Å². The van der Waals surface area contributed by atoms with Crippen LogP contribution >= 0.6 is 0 Å². The zero-order valence-corrected chi connectivity index (χ0v) is 12.6. The number of carbonyl (C=O) groups is 1. The van der Waals surface area contributed by atoms with E-state index in [1.54, 1.807) is 12.1 Å². The molecule has 3 N–H and O–H groups in total. The summed E-state index contributed by atoms with van der Waals surface area (Å²) in [6.45, 7) is 1.97. The Balaban J connectivity index is 2.23. The van der Waals surface area contributed by atoms with Crippen molar-refractivity contribution >= 4 is 17.3 Å². The minimum absolute atomic E-state index is 0.0601. The minimum Gasteiger partial charge on any atom is -0.399 e. The van der Waals surface area contributed by atoms with Gasteiger partial charge in [0.25, 0.3) is 5.91 Å². The van der Waals surface area contributed by atoms with E-state index in [1.165, 1.54) is 0 Å². The Labute approximate surface area is 125 Å². The van der Waals surface area contributed by atoms with Crippen molar-refractivity contribution in [3.05, 3.63) is 59.7 Å². The summed E-state index contributed by atoms with van der Waals surface area (Å²) in [7, 11) is 3.81. The molecular weight excluding hydrogens is 262 g/mol. The van der Waals surface area contributed by atoms with E-state index < -0.39 is 0 Å². The van der Waals surface area contributed by atoms with Crippen LogP contribution in [0.1, 0.15) is 28.9 Å². The molecule has 2 aromatic carbocycles. The van der Waals surface area contributed by atoms with Gasteiger partial charge in [0.1, 0.15) is 0 Å². The fraction of sp³-hybridized carbons (Fsp3) is 0.235. The molecule has 0 spiro atoms. The average Bonchev–Trinajstić information content (AvgIpc) is 2.47. The van der Waals surface area contributed by atoms with Crippen LogP contribution < -0.4 is 16.0 Å². The van der Waals surface area contributed by atoms with Gasteiger partial charge in [0.05, 0.1) is 11.6 Å². The second-order valence-corrected chi connectivity index (χ2v) is 5.28. The van der Waals surface area contributed by atoms with Crippen molar-refractivity contribution in [1.29, 1.82) is 0 Å². The van der Waals surface area contributed by atoms with Gasteiger partial charge in [-0.15, -0.1) is 0 Å². The molecule has 0 aliphatic heterocycles. The summed E-state index contributed by atoms with van der Waals surface area (Å²) in [5, 5.41) is 3.01. The molecule has 0 aliphatic rings. The van der Waals surface area contributed by atoms with Crippen LogP contribution in [-0.2, 0) is 0 Å². The van der Waals surface area contributed by atoms with E-state index in [4.69, 9.17) is 5.73 Å². The first-order valence-electron chi connectivity index (χ1n) is 6.91. The van der Waals surface area contributed by atoms with E-state index in [1.807, 2.05) is 62.3 Å². The monoisotopic (exact) mass is 283 g/mol. The van der Waals surface area contributed by atoms with Crippen LogP contribution in [-0.4, -0.2) is 20.0 Å². The van der Waals surface area contributed by atoms with Crippen LogP contribution in [0.2, 0.25) is 0 Å². The van der Waals surface area contributed by atoms with E-state index in [2.05, 4.69) is 5.32 Å². The number of nitrogens with zero attached hydrogens (tertiary/aromatic N) is 1. The lowest BCUT2D eigenvalue weighted by molar-refractivity contribution is 0.0940. The third-order valence-electron chi connectivity index (χ3n) is 3.39. The Kier molecular flexibility index (Phi) is 4.48. The Morgan fingerprint density at radius 2 is 1.81 bits per heavy atom. The fourth-order valence-electron chi connectivity index (χ4n) is 2.22. The van der Waals surface area contributed by atoms with Crippen molar-refractivity contribution in [2.45, 2.75) is 13.0 Å². The second-order valence-electron chi connectivity index (χ2n) is 5.28. The maximum atomic E-state index is 12.5. The molecule has 0 fully saturated rings. The van der Waals surface area contributed by atoms with Crippen molar-refractivity contribution in [2.24, 2.45) is 0 Å². The number of nitrogens with two attached hydrogens (primary N) is 1. The van der Waals surface area contributed by atoms with Gasteiger partial charge in [0, 0.05) is 25.5 Å². The SMILES string of the molecule is C[C@H](NC(=O)c1cc(N)ccc1N(C)C)c1ccccc1. The third-order valence-corrected chi connectivity index (χ3v) is 3.39. The van der Waals surface area contributed by atoms with E-state index in [-0.39, 0.29) is 11.9 Å². The Hall–Kier alpha value is -2.49. The molecule has 0 aliphatic carbocycles. The largest absolute Gasteiger partial charge is 0.399 e. The number of hydrogen-bond donors (Lipinski definition) is 2. The second kappa shape index (κ2) is 6.31. The van der Waals surface area contributed by atoms with Crippen LogP contribution in [0.4, 0.5) is 11.4 Å². The van der Waals surface area contributed by atoms with E-state index in [0.29, 0.717) is 11.3 Å². The molecular formula is C17H21N3O. The van der Waals surface area contributed by atoms with Gasteiger partial charge in [-0.2, -0.15) is 0 Å². The summed E-state index contributed by atoms with van der Waals surface area (Å²) in [5.74, 6) is -0.123. The number of rotatable bonds is 4. The number of carbonyl (C=O) groups excluding carboxylic acids is 1. The number of amides is 1. The maximum absolute atomic E-state index is 12.5. The molecule has 0 saturated carbocycles. The van der Waals surface area contributed by atoms with Crippen LogP contribution in [0, 0.1) is 0 Å². The zero-order valence-electron chi connectivity index (χ0n) is 12.6. The molecule has 0 radical (unpaired) electrons. The number of nitrogens with one attached hydrogen (secondary N) is 1. The molecule has 0 bridgehead atoms. The Morgan fingerprint density at radius 1 is 1.14 bits per heavy atom. The molecule has 110 valence electrons. The summed E-state index contributed by atoms with van der Waals surface area (Å²) in [6, 6.07) is 15.2. The first kappa shape index (κ1) is 14.9. The lowest BCUT2D eigenvalue weighted by Gasteiger charge is -2.20. The molecule has 2 aromatic rings. The van der Waals surface area contributed by atoms with E-state index in [0.717, 1.165) is 11.3 Å². The summed E-state index contributed by atoms with van der Waals surface area (Å²) in [5.41, 5.74) is 8.90. The molecule has 0 saturated heterocycles. The van der Waals surface area contributed by atoms with Crippen molar-refractivity contribution < 1.29 is 4.79 Å². The summed E-state index contributed by atoms with van der Waals surface area (Å²) >= 11 is 0. The summed E-state index contributed by atoms with van der Waals surface area (Å²) < 4.78 is 0. The van der Waals surface area contributed by atoms with Gasteiger partial charge >= 0.3 is 0 Å². The van der Waals surface area contributed by atoms with Gasteiger partial charge < -0.3 is 16.0 Å². The molecule has 1 atom stereocenters. The number of anilines is 2. The van der Waals surface area contributed by atoms with Crippen LogP contribution in [0.15, 0.2) is 48.5 Å². The van der Waals surface area contributed by atoms with E-state index in [9.17, 15) is 4.79 Å². The molecule has 4 heteroatoms. The predicted octanol–water partition coefficient (Wildman–Crippen LogP) is 2.83. The van der Waals surface area contributed by atoms with Crippen molar-refractivity contribution in [3.63, 3.8) is 0 Å². The lowest BCUT2D eigenvalue weighted by atomic mass is 10.1. The summed E-state index contributed by atoms with van der Waals surface area (Å²) in [4.78, 5) is 14.4. The van der Waals surface area contributed by atoms with Crippen LogP contribution in [0.25, 0.3) is 0 Å². The van der Waals surface area contributed by atoms with Crippen LogP contribution in [0.5, 0.6) is 0 Å². The van der Waals surface area contributed by atoms with Crippen molar-refractivity contribution in [3.8, 4) is 0 Å². The van der Waals surface area contributed by atoms with Gasteiger partial charge in [-0.1, -0.05) is 30.3 Å². The first-order chi connectivity index (χ1) is 9.99. The van der Waals surface area contributed by atoms with E-state index >= 15 is 0 Å². The quantitative estimate of drug-likeness (QED) is 0.848. The molecule has 0 unspecified atom stereocenters. The van der Waals surface area contributed by atoms with Gasteiger partial charge in [-0.05, 0) is 30.7 Å². The topological polar surface area (TPSA) is 58.4 Å². The highest BCUT2D eigenvalue weighted by molar-refractivity contribution is 6.00. The van der Waals surface area contributed by atoms with Gasteiger partial charge in [-0.25, -0.2) is 0 Å². The highest BCUT2D eigenvalue weighted by Gasteiger charge is 2.16. The maximum Gasteiger partial charge on any atom is 0.253 e. The van der Waals surface area contributed by atoms with Gasteiger partial charge in [-0.3, -0.25) is 4.79 Å². The fourth-order valence-corrected chi connectivity index (χ4v) is 2.22. The average molecular weight is 283 g/mol. The number of nitrogen functional groups attached to an aromatic ring is 1. The lowest BCUT2D eigenvalue weighted by Crippen LogP contribution is -2.28. The highest BCUT2D eigenvalue weighted by atomic mass is 16.1.